The predicted molar refractivity (Wildman–Crippen MR) is 401 cm³/mol. The average molecular weight is 1250 g/mol. The van der Waals surface area contributed by atoms with Gasteiger partial charge in [-0.3, -0.25) is 0 Å². The topological polar surface area (TPSA) is 43.4 Å². The fourth-order valence-corrected chi connectivity index (χ4v) is 14.5. The van der Waals surface area contributed by atoms with E-state index in [1.165, 1.54) is 66.4 Å². The number of ether oxygens (including phenoxy) is 4. The highest BCUT2D eigenvalue weighted by Crippen LogP contribution is 2.51. The number of nitrogens with zero attached hydrogens (tertiary/aromatic N) is 2. The average Bonchev–Trinajstić information content (AvgIpc) is 0.688. The van der Waals surface area contributed by atoms with E-state index in [1.54, 1.807) is 0 Å². The van der Waals surface area contributed by atoms with Crippen molar-refractivity contribution in [1.82, 2.24) is 0 Å². The molecule has 4 aliphatic heterocycles. The summed E-state index contributed by atoms with van der Waals surface area (Å²) in [7, 11) is 0. The van der Waals surface area contributed by atoms with Crippen LogP contribution in [0, 0.1) is 0 Å². The lowest BCUT2D eigenvalue weighted by molar-refractivity contribution is 0.459. The fourth-order valence-electron chi connectivity index (χ4n) is 14.5. The van der Waals surface area contributed by atoms with Crippen LogP contribution >= 0.6 is 0 Å². The number of anilines is 6. The summed E-state index contributed by atoms with van der Waals surface area (Å²) in [5.41, 5.74) is 22.3. The third kappa shape index (κ3) is 11.5. The van der Waals surface area contributed by atoms with Crippen molar-refractivity contribution in [2.75, 3.05) is 9.80 Å². The third-order valence-corrected chi connectivity index (χ3v) is 20.1. The van der Waals surface area contributed by atoms with Gasteiger partial charge < -0.3 is 28.7 Å². The Hall–Kier alpha value is -8.09. The summed E-state index contributed by atoms with van der Waals surface area (Å²) >= 11 is 0. The first-order valence-electron chi connectivity index (χ1n) is 34.3. The van der Waals surface area contributed by atoms with Gasteiger partial charge in [0, 0.05) is 58.4 Å². The standard InChI is InChI=1S/C86H98B2N2O4/c1-79(2,3)51-25-33-57(34-26-51)89-67-50-68-66(49-65(67)87-75-63(85(19,20)21)41-55(83(13,14)15)43-71(75)93-73-47-61(45-69(89)77(73)87)91-59-37-29-53(30-38-59)81(7,8)9)88-76-64(86(22,23)24)42-56(84(16,17)18)44-72(76)94-74-48-62(92-60-39-31-54(32-40-60)82(10,11)12)46-70(78(74)88)90(68)58-35-27-52(28-36-58)80(4,5)6/h25-50H,1-24H3. The van der Waals surface area contributed by atoms with E-state index in [1.807, 2.05) is 0 Å². The highest BCUT2D eigenvalue weighted by atomic mass is 16.5. The Morgan fingerprint density at radius 1 is 0.255 bits per heavy atom. The number of hydrogen-bond acceptors (Lipinski definition) is 6. The summed E-state index contributed by atoms with van der Waals surface area (Å²) < 4.78 is 29.4. The van der Waals surface area contributed by atoms with Gasteiger partial charge in [-0.2, -0.15) is 0 Å². The third-order valence-electron chi connectivity index (χ3n) is 20.1. The SMILES string of the molecule is CC(C)(C)c1ccc(Oc2cc3c4c(c2)N(c2ccc(C(C)(C)C)cc2)c2cc5c(cc2B4c2c(cc(C(C)(C)C)cc2C(C)(C)C)O3)B2c3c(cc(Oc4ccc(C(C)(C)C)cc4)cc3N5c3ccc(C(C)(C)C)cc3)Oc3cc(C(C)(C)C)cc(C(C)(C)C)c32)cc1. The van der Waals surface area contributed by atoms with Gasteiger partial charge in [0.1, 0.15) is 46.0 Å². The monoisotopic (exact) mass is 1240 g/mol. The van der Waals surface area contributed by atoms with E-state index in [9.17, 15) is 0 Å². The summed E-state index contributed by atoms with van der Waals surface area (Å²) in [5, 5.41) is 0. The lowest BCUT2D eigenvalue weighted by Crippen LogP contribution is -2.65. The maximum absolute atomic E-state index is 7.61. The number of rotatable bonds is 6. The van der Waals surface area contributed by atoms with E-state index in [4.69, 9.17) is 18.9 Å². The van der Waals surface area contributed by atoms with E-state index in [0.717, 1.165) is 79.5 Å². The van der Waals surface area contributed by atoms with Crippen LogP contribution in [0.3, 0.4) is 0 Å². The summed E-state index contributed by atoms with van der Waals surface area (Å²) in [5.74, 6) is 6.28. The van der Waals surface area contributed by atoms with Crippen molar-refractivity contribution >= 4 is 80.3 Å². The van der Waals surface area contributed by atoms with Crippen LogP contribution in [0.15, 0.2) is 158 Å². The summed E-state index contributed by atoms with van der Waals surface area (Å²) in [6.07, 6.45) is 0. The van der Waals surface area contributed by atoms with Crippen molar-refractivity contribution in [2.45, 2.75) is 209 Å². The van der Waals surface area contributed by atoms with Crippen LogP contribution < -0.4 is 61.5 Å². The molecule has 0 spiro atoms. The molecule has 4 aliphatic rings. The van der Waals surface area contributed by atoms with Gasteiger partial charge in [-0.15, -0.1) is 0 Å². The predicted octanol–water partition coefficient (Wildman–Crippen LogP) is 20.5. The maximum atomic E-state index is 7.61. The van der Waals surface area contributed by atoms with Crippen LogP contribution in [0.4, 0.5) is 34.1 Å². The van der Waals surface area contributed by atoms with E-state index >= 15 is 0 Å². The van der Waals surface area contributed by atoms with Crippen molar-refractivity contribution in [1.29, 1.82) is 0 Å². The summed E-state index contributed by atoms with van der Waals surface area (Å²) in [6, 6.07) is 59.4. The molecule has 0 aliphatic carbocycles. The zero-order chi connectivity index (χ0) is 67.7. The molecule has 482 valence electrons. The molecule has 6 nitrogen and oxygen atoms in total. The molecule has 0 atom stereocenters. The van der Waals surface area contributed by atoms with Crippen molar-refractivity contribution in [3.63, 3.8) is 0 Å². The van der Waals surface area contributed by atoms with Gasteiger partial charge in [0.15, 0.2) is 0 Å². The first-order valence-corrected chi connectivity index (χ1v) is 34.3. The van der Waals surface area contributed by atoms with Crippen LogP contribution in [0.2, 0.25) is 0 Å². The Kier molecular flexibility index (Phi) is 14.9. The molecule has 9 aromatic carbocycles. The summed E-state index contributed by atoms with van der Waals surface area (Å²) in [4.78, 5) is 5.02. The van der Waals surface area contributed by atoms with Crippen molar-refractivity contribution < 1.29 is 18.9 Å². The first kappa shape index (κ1) is 64.6. The normalized spacial score (nSPS) is 14.5. The molecule has 0 saturated carbocycles. The minimum atomic E-state index is -0.271. The van der Waals surface area contributed by atoms with Crippen molar-refractivity contribution in [3.8, 4) is 46.0 Å². The van der Waals surface area contributed by atoms with Crippen LogP contribution in [-0.2, 0) is 43.3 Å². The Morgan fingerprint density at radius 3 is 0.830 bits per heavy atom. The molecule has 0 N–H and O–H groups in total. The van der Waals surface area contributed by atoms with Gasteiger partial charge in [-0.25, -0.2) is 0 Å². The lowest BCUT2D eigenvalue weighted by atomic mass is 9.29. The zero-order valence-electron chi connectivity index (χ0n) is 60.7. The van der Waals surface area contributed by atoms with Crippen molar-refractivity contribution in [2.24, 2.45) is 0 Å². The molecule has 0 saturated heterocycles. The molecular weight excluding hydrogens is 1150 g/mol. The van der Waals surface area contributed by atoms with Crippen LogP contribution in [0.5, 0.6) is 46.0 Å². The molecule has 0 bridgehead atoms. The van der Waals surface area contributed by atoms with Gasteiger partial charge in [0.05, 0.1) is 0 Å². The fraction of sp³-hybridized carbons (Fsp3) is 0.372. The number of hydrogen-bond donors (Lipinski definition) is 0. The smallest absolute Gasteiger partial charge is 0.256 e. The molecule has 8 heteroatoms. The first-order chi connectivity index (χ1) is 43.6. The number of benzene rings is 9. The van der Waals surface area contributed by atoms with Crippen LogP contribution in [0.1, 0.15) is 211 Å². The van der Waals surface area contributed by atoms with E-state index in [-0.39, 0.29) is 56.7 Å². The van der Waals surface area contributed by atoms with Gasteiger partial charge in [-0.05, 0) is 187 Å². The van der Waals surface area contributed by atoms with E-state index in [0.29, 0.717) is 11.5 Å². The Bertz CT molecular complexity index is 4200. The van der Waals surface area contributed by atoms with Crippen LogP contribution in [0.25, 0.3) is 0 Å². The number of fused-ring (bicyclic) bond motifs is 8. The highest BCUT2D eigenvalue weighted by molar-refractivity contribution is 7.02. The minimum absolute atomic E-state index is 0.0121. The van der Waals surface area contributed by atoms with Crippen molar-refractivity contribution in [3.05, 3.63) is 202 Å². The Morgan fingerprint density at radius 2 is 0.543 bits per heavy atom. The second-order valence-corrected chi connectivity index (χ2v) is 35.6. The molecule has 0 radical (unpaired) electrons. The Labute approximate surface area is 563 Å². The van der Waals surface area contributed by atoms with Gasteiger partial charge in [0.2, 0.25) is 0 Å². The second-order valence-electron chi connectivity index (χ2n) is 35.6. The molecule has 0 unspecified atom stereocenters. The second kappa shape index (κ2) is 21.7. The lowest BCUT2D eigenvalue weighted by Gasteiger charge is -2.46. The molecule has 0 fully saturated rings. The van der Waals surface area contributed by atoms with Gasteiger partial charge in [-0.1, -0.05) is 233 Å². The molecule has 0 amide bonds. The maximum Gasteiger partial charge on any atom is 0.256 e. The van der Waals surface area contributed by atoms with Crippen LogP contribution in [-0.4, -0.2) is 13.4 Å². The molecule has 13 rings (SSSR count). The zero-order valence-corrected chi connectivity index (χ0v) is 60.7. The molecule has 0 aromatic heterocycles. The molecule has 4 heterocycles. The molecule has 9 aromatic rings. The quantitative estimate of drug-likeness (QED) is 0.155. The Balaban J connectivity index is 1.17. The van der Waals surface area contributed by atoms with E-state index in [2.05, 4.69) is 334 Å². The largest absolute Gasteiger partial charge is 0.458 e. The van der Waals surface area contributed by atoms with Gasteiger partial charge in [0.25, 0.3) is 13.4 Å². The minimum Gasteiger partial charge on any atom is -0.458 e. The van der Waals surface area contributed by atoms with Gasteiger partial charge >= 0.3 is 0 Å². The van der Waals surface area contributed by atoms with E-state index < -0.39 is 0 Å². The molecular formula is C86H98B2N2O4. The molecule has 94 heavy (non-hydrogen) atoms. The highest BCUT2D eigenvalue weighted by Gasteiger charge is 2.50. The summed E-state index contributed by atoms with van der Waals surface area (Å²) in [6.45, 7) is 54.8.